The highest BCUT2D eigenvalue weighted by molar-refractivity contribution is 5.73. The lowest BCUT2D eigenvalue weighted by Crippen LogP contribution is -2.69. The largest absolute Gasteiger partial charge is 0.394 e. The van der Waals surface area contributed by atoms with Gasteiger partial charge < -0.3 is 55.5 Å². The number of nitrogens with one attached hydrogen (secondary N) is 2. The second-order valence-corrected chi connectivity index (χ2v) is 7.00. The first-order valence-electron chi connectivity index (χ1n) is 9.05. The maximum absolute atomic E-state index is 11.5. The van der Waals surface area contributed by atoms with E-state index in [-0.39, 0.29) is 0 Å². The predicted molar refractivity (Wildman–Crippen MR) is 91.8 cm³/mol. The summed E-state index contributed by atoms with van der Waals surface area (Å²) in [7, 11) is 0. The van der Waals surface area contributed by atoms with Crippen LogP contribution in [-0.4, -0.2) is 117 Å². The molecule has 13 nitrogen and oxygen atoms in total. The van der Waals surface area contributed by atoms with Crippen LogP contribution in [0.5, 0.6) is 0 Å². The molecule has 0 aliphatic carbocycles. The Labute approximate surface area is 166 Å². The lowest BCUT2D eigenvalue weighted by Gasteiger charge is -2.47. The molecule has 0 unspecified atom stereocenters. The highest BCUT2D eigenvalue weighted by Crippen LogP contribution is 2.28. The van der Waals surface area contributed by atoms with E-state index in [1.54, 1.807) is 0 Å². The zero-order valence-electron chi connectivity index (χ0n) is 15.9. The topological polar surface area (TPSA) is 207 Å². The number of amides is 2. The fraction of sp³-hybridized carbons (Fsp3) is 0.875. The second kappa shape index (κ2) is 10.1. The van der Waals surface area contributed by atoms with Crippen LogP contribution in [0.15, 0.2) is 0 Å². The Morgan fingerprint density at radius 2 is 1.38 bits per heavy atom. The third-order valence-electron chi connectivity index (χ3n) is 4.78. The van der Waals surface area contributed by atoms with Gasteiger partial charge in [0.25, 0.3) is 0 Å². The molecule has 0 radical (unpaired) electrons. The highest BCUT2D eigenvalue weighted by Gasteiger charge is 2.51. The number of hydrogen-bond acceptors (Lipinski definition) is 11. The van der Waals surface area contributed by atoms with Crippen LogP contribution in [0.1, 0.15) is 13.8 Å². The minimum Gasteiger partial charge on any atom is -0.394 e. The Kier molecular flexibility index (Phi) is 8.28. The fourth-order valence-corrected chi connectivity index (χ4v) is 3.38. The Bertz CT molecular complexity index is 579. The van der Waals surface area contributed by atoms with Crippen molar-refractivity contribution in [2.75, 3.05) is 13.2 Å². The first kappa shape index (κ1) is 23.9. The van der Waals surface area contributed by atoms with E-state index in [1.165, 1.54) is 0 Å². The lowest BCUT2D eigenvalue weighted by atomic mass is 9.94. The Hall–Kier alpha value is -1.42. The summed E-state index contributed by atoms with van der Waals surface area (Å²) >= 11 is 0. The van der Waals surface area contributed by atoms with E-state index in [1.807, 2.05) is 0 Å². The van der Waals surface area contributed by atoms with E-state index >= 15 is 0 Å². The number of carbonyl (C=O) groups excluding carboxylic acids is 2. The van der Waals surface area contributed by atoms with Crippen LogP contribution in [0, 0.1) is 0 Å². The van der Waals surface area contributed by atoms with Crippen LogP contribution in [0.2, 0.25) is 0 Å². The summed E-state index contributed by atoms with van der Waals surface area (Å²) < 4.78 is 16.3. The summed E-state index contributed by atoms with van der Waals surface area (Å²) in [6.45, 7) is 0.962. The van der Waals surface area contributed by atoms with Gasteiger partial charge in [-0.1, -0.05) is 0 Å². The molecule has 29 heavy (non-hydrogen) atoms. The van der Waals surface area contributed by atoms with Crippen molar-refractivity contribution in [3.63, 3.8) is 0 Å². The molecule has 2 aliphatic heterocycles. The SMILES string of the molecule is CC(=O)N[C@@H]1[C@H](O[C@H]2[C@H](O)[C@H](NC(C)=O)[C@H](O)O[C@@H]2CO)O[C@@H](CO)[C@@H](O)[C@@H]1O. The maximum Gasteiger partial charge on any atom is 0.217 e. The highest BCUT2D eigenvalue weighted by atomic mass is 16.7. The lowest BCUT2D eigenvalue weighted by molar-refractivity contribution is -0.327. The molecule has 2 heterocycles. The third-order valence-corrected chi connectivity index (χ3v) is 4.78. The first-order valence-corrected chi connectivity index (χ1v) is 9.05. The summed E-state index contributed by atoms with van der Waals surface area (Å²) in [5.74, 6) is -1.14. The molecule has 168 valence electrons. The van der Waals surface area contributed by atoms with Crippen LogP contribution < -0.4 is 10.6 Å². The molecule has 0 aromatic carbocycles. The van der Waals surface area contributed by atoms with Crippen LogP contribution in [0.4, 0.5) is 0 Å². The summed E-state index contributed by atoms with van der Waals surface area (Å²) in [6, 6.07) is -2.59. The maximum atomic E-state index is 11.5. The van der Waals surface area contributed by atoms with Gasteiger partial charge in [-0.25, -0.2) is 0 Å². The van der Waals surface area contributed by atoms with Crippen molar-refractivity contribution >= 4 is 11.8 Å². The van der Waals surface area contributed by atoms with Crippen molar-refractivity contribution in [1.29, 1.82) is 0 Å². The van der Waals surface area contributed by atoms with Crippen molar-refractivity contribution in [3.8, 4) is 0 Å². The van der Waals surface area contributed by atoms with Crippen molar-refractivity contribution in [2.24, 2.45) is 0 Å². The number of aliphatic hydroxyl groups is 6. The molecule has 2 saturated heterocycles. The third kappa shape index (κ3) is 5.39. The second-order valence-electron chi connectivity index (χ2n) is 7.00. The molecule has 8 N–H and O–H groups in total. The Morgan fingerprint density at radius 1 is 0.828 bits per heavy atom. The predicted octanol–water partition coefficient (Wildman–Crippen LogP) is -5.11. The van der Waals surface area contributed by atoms with Gasteiger partial charge in [-0.2, -0.15) is 0 Å². The normalized spacial score (nSPS) is 42.9. The van der Waals surface area contributed by atoms with Gasteiger partial charge in [-0.15, -0.1) is 0 Å². The van der Waals surface area contributed by atoms with Crippen LogP contribution in [-0.2, 0) is 23.8 Å². The molecule has 2 fully saturated rings. The van der Waals surface area contributed by atoms with Gasteiger partial charge in [0.1, 0.15) is 48.7 Å². The average Bonchev–Trinajstić information content (AvgIpc) is 2.65. The minimum absolute atomic E-state index is 0.568. The summed E-state index contributed by atoms with van der Waals surface area (Å²) in [6.07, 6.45) is -11.7. The molecular formula is C16H28N2O11. The standard InChI is InChI=1S/C16H28N2O11/c1-5(21)17-9-13(25)14(8(4-20)27-15(9)26)29-16-10(18-6(2)22)12(24)11(23)7(3-19)28-16/h7-16,19-20,23-26H,3-4H2,1-2H3,(H,17,21)(H,18,22)/t7-,8+,9-,10-,11+,12+,13+,14+,15+,16-/m0/s1. The van der Waals surface area contributed by atoms with Crippen LogP contribution in [0.3, 0.4) is 0 Å². The van der Waals surface area contributed by atoms with Crippen molar-refractivity contribution in [1.82, 2.24) is 10.6 Å². The molecule has 2 rings (SSSR count). The molecule has 2 amide bonds. The number of rotatable bonds is 6. The van der Waals surface area contributed by atoms with E-state index in [9.17, 15) is 40.2 Å². The van der Waals surface area contributed by atoms with Crippen LogP contribution >= 0.6 is 0 Å². The van der Waals surface area contributed by atoms with Gasteiger partial charge in [-0.05, 0) is 0 Å². The minimum atomic E-state index is -1.64. The smallest absolute Gasteiger partial charge is 0.217 e. The van der Waals surface area contributed by atoms with Gasteiger partial charge in [0.2, 0.25) is 11.8 Å². The van der Waals surface area contributed by atoms with E-state index in [2.05, 4.69) is 10.6 Å². The fourth-order valence-electron chi connectivity index (χ4n) is 3.38. The molecule has 0 bridgehead atoms. The molecule has 0 aromatic rings. The van der Waals surface area contributed by atoms with E-state index in [0.29, 0.717) is 0 Å². The zero-order valence-corrected chi connectivity index (χ0v) is 15.9. The first-order chi connectivity index (χ1) is 13.6. The van der Waals surface area contributed by atoms with Gasteiger partial charge in [0, 0.05) is 13.8 Å². The average molecular weight is 424 g/mol. The number of aliphatic hydroxyl groups excluding tert-OH is 6. The van der Waals surface area contributed by atoms with Crippen LogP contribution in [0.25, 0.3) is 0 Å². The summed E-state index contributed by atoms with van der Waals surface area (Å²) in [4.78, 5) is 22.8. The summed E-state index contributed by atoms with van der Waals surface area (Å²) in [5.41, 5.74) is 0. The molecule has 13 heteroatoms. The molecule has 0 spiro atoms. The van der Waals surface area contributed by atoms with Gasteiger partial charge in [0.15, 0.2) is 12.6 Å². The van der Waals surface area contributed by atoms with Crippen molar-refractivity contribution in [3.05, 3.63) is 0 Å². The zero-order chi connectivity index (χ0) is 21.9. The molecule has 2 aliphatic rings. The number of ether oxygens (including phenoxy) is 3. The van der Waals surface area contributed by atoms with E-state index in [4.69, 9.17) is 14.2 Å². The van der Waals surface area contributed by atoms with E-state index < -0.39 is 86.3 Å². The van der Waals surface area contributed by atoms with Gasteiger partial charge >= 0.3 is 0 Å². The van der Waals surface area contributed by atoms with Gasteiger partial charge in [-0.3, -0.25) is 9.59 Å². The summed E-state index contributed by atoms with van der Waals surface area (Å²) in [5, 5.41) is 64.5. The van der Waals surface area contributed by atoms with Crippen molar-refractivity contribution < 1.29 is 54.4 Å². The van der Waals surface area contributed by atoms with E-state index in [0.717, 1.165) is 13.8 Å². The molecule has 0 aromatic heterocycles. The molecule has 0 saturated carbocycles. The quantitative estimate of drug-likeness (QED) is 0.202. The van der Waals surface area contributed by atoms with Crippen molar-refractivity contribution in [2.45, 2.75) is 75.1 Å². The Balaban J connectivity index is 2.26. The Morgan fingerprint density at radius 3 is 1.90 bits per heavy atom. The monoisotopic (exact) mass is 424 g/mol. The molecular weight excluding hydrogens is 396 g/mol. The molecule has 10 atom stereocenters. The van der Waals surface area contributed by atoms with Gasteiger partial charge in [0.05, 0.1) is 13.2 Å². The number of hydrogen-bond donors (Lipinski definition) is 8. The number of carbonyl (C=O) groups is 2.